The summed E-state index contributed by atoms with van der Waals surface area (Å²) in [5.41, 5.74) is 1.82. The van der Waals surface area contributed by atoms with Gasteiger partial charge in [-0.05, 0) is 61.7 Å². The summed E-state index contributed by atoms with van der Waals surface area (Å²) in [5.74, 6) is 0.304. The fourth-order valence-corrected chi connectivity index (χ4v) is 2.89. The smallest absolute Gasteiger partial charge is 0.266 e. The van der Waals surface area contributed by atoms with E-state index in [4.69, 9.17) is 32.7 Å². The minimum atomic E-state index is -0.548. The fraction of sp³-hybridized carbons (Fsp3) is 0.273. The standard InChI is InChI=1S/C22H22Cl2N2O3/c1-5-14(3)29-21-18(24)9-15(10-20(21)28-4)8-16(12-25)22(27)26-19-11-17(23)7-6-13(19)2/h6-11,14H,5H2,1-4H3,(H,26,27). The molecule has 0 spiro atoms. The number of halogens is 2. The Morgan fingerprint density at radius 1 is 1.31 bits per heavy atom. The molecular weight excluding hydrogens is 411 g/mol. The van der Waals surface area contributed by atoms with Crippen LogP contribution >= 0.6 is 23.2 Å². The van der Waals surface area contributed by atoms with Gasteiger partial charge in [-0.1, -0.05) is 36.2 Å². The first-order chi connectivity index (χ1) is 13.8. The van der Waals surface area contributed by atoms with Crippen molar-refractivity contribution in [2.75, 3.05) is 12.4 Å². The van der Waals surface area contributed by atoms with Gasteiger partial charge in [0.15, 0.2) is 11.5 Å². The van der Waals surface area contributed by atoms with Crippen molar-refractivity contribution in [3.63, 3.8) is 0 Å². The van der Waals surface area contributed by atoms with E-state index >= 15 is 0 Å². The zero-order chi connectivity index (χ0) is 21.6. The van der Waals surface area contributed by atoms with Crippen LogP contribution in [0.2, 0.25) is 10.0 Å². The minimum absolute atomic E-state index is 0.0378. The Morgan fingerprint density at radius 3 is 2.66 bits per heavy atom. The molecule has 2 rings (SSSR count). The van der Waals surface area contributed by atoms with Crippen molar-refractivity contribution in [1.82, 2.24) is 0 Å². The van der Waals surface area contributed by atoms with Crippen LogP contribution in [0, 0.1) is 18.3 Å². The first-order valence-corrected chi connectivity index (χ1v) is 9.78. The summed E-state index contributed by atoms with van der Waals surface area (Å²) in [6.45, 7) is 5.77. The molecule has 5 nitrogen and oxygen atoms in total. The lowest BCUT2D eigenvalue weighted by molar-refractivity contribution is -0.112. The van der Waals surface area contributed by atoms with E-state index in [1.165, 1.54) is 13.2 Å². The number of carbonyl (C=O) groups is 1. The summed E-state index contributed by atoms with van der Waals surface area (Å²) in [7, 11) is 1.50. The van der Waals surface area contributed by atoms with Gasteiger partial charge in [-0.3, -0.25) is 4.79 Å². The Morgan fingerprint density at radius 2 is 2.03 bits per heavy atom. The molecule has 152 valence electrons. The van der Waals surface area contributed by atoms with Gasteiger partial charge in [-0.25, -0.2) is 0 Å². The molecule has 0 heterocycles. The number of rotatable bonds is 7. The number of ether oxygens (including phenoxy) is 2. The van der Waals surface area contributed by atoms with Gasteiger partial charge in [-0.2, -0.15) is 5.26 Å². The second kappa shape index (κ2) is 10.2. The van der Waals surface area contributed by atoms with Crippen molar-refractivity contribution < 1.29 is 14.3 Å². The van der Waals surface area contributed by atoms with E-state index in [1.54, 1.807) is 30.3 Å². The summed E-state index contributed by atoms with van der Waals surface area (Å²) < 4.78 is 11.2. The van der Waals surface area contributed by atoms with Crippen molar-refractivity contribution in [3.8, 4) is 17.6 Å². The molecule has 29 heavy (non-hydrogen) atoms. The van der Waals surface area contributed by atoms with E-state index in [-0.39, 0.29) is 11.7 Å². The lowest BCUT2D eigenvalue weighted by Crippen LogP contribution is -2.14. The average molecular weight is 433 g/mol. The Bertz CT molecular complexity index is 981. The molecule has 1 N–H and O–H groups in total. The first kappa shape index (κ1) is 22.6. The molecule has 7 heteroatoms. The average Bonchev–Trinajstić information content (AvgIpc) is 2.70. The number of nitriles is 1. The van der Waals surface area contributed by atoms with Crippen molar-refractivity contribution in [2.45, 2.75) is 33.3 Å². The molecule has 0 saturated heterocycles. The molecule has 0 radical (unpaired) electrons. The molecule has 1 unspecified atom stereocenters. The number of benzene rings is 2. The van der Waals surface area contributed by atoms with E-state index in [2.05, 4.69) is 5.32 Å². The van der Waals surface area contributed by atoms with Crippen LogP contribution in [0.4, 0.5) is 5.69 Å². The molecule has 0 bridgehead atoms. The Hall–Kier alpha value is -2.68. The summed E-state index contributed by atoms with van der Waals surface area (Å²) >= 11 is 12.3. The predicted molar refractivity (Wildman–Crippen MR) is 117 cm³/mol. The summed E-state index contributed by atoms with van der Waals surface area (Å²) in [6, 6.07) is 10.3. The largest absolute Gasteiger partial charge is 0.493 e. The van der Waals surface area contributed by atoms with Gasteiger partial charge in [0, 0.05) is 10.7 Å². The van der Waals surface area contributed by atoms with Crippen LogP contribution in [-0.4, -0.2) is 19.1 Å². The summed E-state index contributed by atoms with van der Waals surface area (Å²) in [5, 5.41) is 13.0. The molecule has 0 fully saturated rings. The molecular formula is C22H22Cl2N2O3. The predicted octanol–water partition coefficient (Wildman–Crippen LogP) is 6.03. The summed E-state index contributed by atoms with van der Waals surface area (Å²) in [4.78, 5) is 12.6. The van der Waals surface area contributed by atoms with Gasteiger partial charge in [0.25, 0.3) is 5.91 Å². The van der Waals surface area contributed by atoms with Crippen molar-refractivity contribution >= 4 is 40.9 Å². The van der Waals surface area contributed by atoms with Crippen molar-refractivity contribution in [1.29, 1.82) is 5.26 Å². The number of hydrogen-bond donors (Lipinski definition) is 1. The van der Waals surface area contributed by atoms with Gasteiger partial charge >= 0.3 is 0 Å². The van der Waals surface area contributed by atoms with Gasteiger partial charge < -0.3 is 14.8 Å². The van der Waals surface area contributed by atoms with E-state index in [0.717, 1.165) is 12.0 Å². The number of nitrogens with one attached hydrogen (secondary N) is 1. The topological polar surface area (TPSA) is 71.3 Å². The maximum atomic E-state index is 12.6. The summed E-state index contributed by atoms with van der Waals surface area (Å²) in [6.07, 6.45) is 2.21. The lowest BCUT2D eigenvalue weighted by atomic mass is 10.1. The van der Waals surface area contributed by atoms with Crippen molar-refractivity contribution in [3.05, 3.63) is 57.1 Å². The second-order valence-corrected chi connectivity index (χ2v) is 7.30. The number of methoxy groups -OCH3 is 1. The molecule has 0 saturated carbocycles. The Kier molecular flexibility index (Phi) is 7.95. The molecule has 1 amide bonds. The quantitative estimate of drug-likeness (QED) is 0.427. The van der Waals surface area contributed by atoms with E-state index in [9.17, 15) is 10.1 Å². The Balaban J connectivity index is 2.34. The number of amides is 1. The molecule has 0 aliphatic carbocycles. The highest BCUT2D eigenvalue weighted by Crippen LogP contribution is 2.38. The number of anilines is 1. The van der Waals surface area contributed by atoms with Gasteiger partial charge in [0.2, 0.25) is 0 Å². The normalized spacial score (nSPS) is 12.1. The molecule has 1 atom stereocenters. The number of hydrogen-bond acceptors (Lipinski definition) is 4. The van der Waals surface area contributed by atoms with E-state index in [1.807, 2.05) is 26.8 Å². The highest BCUT2D eigenvalue weighted by molar-refractivity contribution is 6.32. The third-order valence-corrected chi connectivity index (χ3v) is 4.79. The van der Waals surface area contributed by atoms with Crippen LogP contribution in [-0.2, 0) is 4.79 Å². The number of carbonyl (C=O) groups excluding carboxylic acids is 1. The van der Waals surface area contributed by atoms with Crippen LogP contribution in [0.15, 0.2) is 35.9 Å². The van der Waals surface area contributed by atoms with Crippen LogP contribution in [0.5, 0.6) is 11.5 Å². The van der Waals surface area contributed by atoms with E-state index in [0.29, 0.717) is 32.8 Å². The van der Waals surface area contributed by atoms with Crippen LogP contribution in [0.25, 0.3) is 6.08 Å². The molecule has 0 aromatic heterocycles. The van der Waals surface area contributed by atoms with Crippen LogP contribution in [0.3, 0.4) is 0 Å². The third-order valence-electron chi connectivity index (χ3n) is 4.27. The SMILES string of the molecule is CCC(C)Oc1c(Cl)cc(C=C(C#N)C(=O)Nc2cc(Cl)ccc2C)cc1OC. The third kappa shape index (κ3) is 5.90. The highest BCUT2D eigenvalue weighted by atomic mass is 35.5. The van der Waals surface area contributed by atoms with Crippen molar-refractivity contribution in [2.24, 2.45) is 0 Å². The lowest BCUT2D eigenvalue weighted by Gasteiger charge is -2.17. The number of nitrogens with zero attached hydrogens (tertiary/aromatic N) is 1. The highest BCUT2D eigenvalue weighted by Gasteiger charge is 2.16. The van der Waals surface area contributed by atoms with Crippen LogP contribution < -0.4 is 14.8 Å². The zero-order valence-electron chi connectivity index (χ0n) is 16.7. The van der Waals surface area contributed by atoms with E-state index < -0.39 is 5.91 Å². The molecule has 0 aliphatic heterocycles. The van der Waals surface area contributed by atoms with Crippen LogP contribution in [0.1, 0.15) is 31.4 Å². The maximum absolute atomic E-state index is 12.6. The molecule has 0 aliphatic rings. The zero-order valence-corrected chi connectivity index (χ0v) is 18.2. The minimum Gasteiger partial charge on any atom is -0.493 e. The second-order valence-electron chi connectivity index (χ2n) is 6.45. The Labute approximate surface area is 180 Å². The van der Waals surface area contributed by atoms with Gasteiger partial charge in [-0.15, -0.1) is 0 Å². The maximum Gasteiger partial charge on any atom is 0.266 e. The number of aryl methyl sites for hydroxylation is 1. The van der Waals surface area contributed by atoms with Gasteiger partial charge in [0.1, 0.15) is 11.6 Å². The monoisotopic (exact) mass is 432 g/mol. The van der Waals surface area contributed by atoms with Gasteiger partial charge in [0.05, 0.1) is 18.2 Å². The fourth-order valence-electron chi connectivity index (χ4n) is 2.46. The first-order valence-electron chi connectivity index (χ1n) is 9.02. The molecule has 2 aromatic rings. The molecule has 2 aromatic carbocycles.